The molecule has 0 aliphatic heterocycles. The molecule has 0 fully saturated rings. The first-order valence-corrected chi connectivity index (χ1v) is 6.50. The van der Waals surface area contributed by atoms with E-state index in [9.17, 15) is 9.18 Å². The third kappa shape index (κ3) is 3.08. The van der Waals surface area contributed by atoms with Gasteiger partial charge in [-0.15, -0.1) is 0 Å². The van der Waals surface area contributed by atoms with Gasteiger partial charge in [0.2, 0.25) is 0 Å². The first-order chi connectivity index (χ1) is 9.51. The van der Waals surface area contributed by atoms with Gasteiger partial charge in [0, 0.05) is 16.2 Å². The number of ether oxygens (including phenoxy) is 1. The third-order valence-corrected chi connectivity index (χ3v) is 3.34. The molecular formula is C14H12BrFN2O2. The molecule has 0 spiro atoms. The molecule has 1 amide bonds. The van der Waals surface area contributed by atoms with Crippen molar-refractivity contribution >= 4 is 33.2 Å². The van der Waals surface area contributed by atoms with E-state index in [4.69, 9.17) is 10.5 Å². The van der Waals surface area contributed by atoms with Crippen LogP contribution in [0.4, 0.5) is 15.8 Å². The Bertz CT molecular complexity index is 662. The van der Waals surface area contributed by atoms with Crippen LogP contribution in [-0.2, 0) is 0 Å². The Labute approximate surface area is 123 Å². The van der Waals surface area contributed by atoms with E-state index >= 15 is 0 Å². The fourth-order valence-electron chi connectivity index (χ4n) is 1.68. The number of amides is 1. The van der Waals surface area contributed by atoms with E-state index in [1.807, 2.05) is 0 Å². The molecule has 0 unspecified atom stereocenters. The first-order valence-electron chi connectivity index (χ1n) is 5.71. The minimum absolute atomic E-state index is 0.317. The maximum atomic E-state index is 13.2. The van der Waals surface area contributed by atoms with Crippen LogP contribution in [0.25, 0.3) is 0 Å². The number of nitrogen functional groups attached to an aromatic ring is 1. The van der Waals surface area contributed by atoms with Crippen LogP contribution in [0.2, 0.25) is 0 Å². The van der Waals surface area contributed by atoms with Crippen LogP contribution in [0.3, 0.4) is 0 Å². The molecule has 0 heterocycles. The molecule has 0 radical (unpaired) electrons. The van der Waals surface area contributed by atoms with Crippen molar-refractivity contribution in [1.82, 2.24) is 0 Å². The van der Waals surface area contributed by atoms with E-state index in [1.54, 1.807) is 18.2 Å². The normalized spacial score (nSPS) is 10.2. The summed E-state index contributed by atoms with van der Waals surface area (Å²) in [5.41, 5.74) is 6.78. The number of nitrogens with two attached hydrogens (primary N) is 1. The highest BCUT2D eigenvalue weighted by molar-refractivity contribution is 9.10. The zero-order valence-corrected chi connectivity index (χ0v) is 12.2. The van der Waals surface area contributed by atoms with Crippen molar-refractivity contribution in [2.75, 3.05) is 18.2 Å². The number of hydrogen-bond donors (Lipinski definition) is 2. The van der Waals surface area contributed by atoms with Crippen LogP contribution in [0.15, 0.2) is 40.9 Å². The zero-order valence-electron chi connectivity index (χ0n) is 10.6. The average molecular weight is 339 g/mol. The first kappa shape index (κ1) is 14.3. The fraction of sp³-hybridized carbons (Fsp3) is 0.0714. The summed E-state index contributed by atoms with van der Waals surface area (Å²) in [6.07, 6.45) is 0. The number of anilines is 2. The topological polar surface area (TPSA) is 64.3 Å². The number of halogens is 2. The number of carbonyl (C=O) groups is 1. The molecule has 2 aromatic carbocycles. The van der Waals surface area contributed by atoms with Gasteiger partial charge >= 0.3 is 0 Å². The van der Waals surface area contributed by atoms with E-state index in [1.165, 1.54) is 25.3 Å². The summed E-state index contributed by atoms with van der Waals surface area (Å²) in [5.74, 6) is -0.490. The average Bonchev–Trinajstić information content (AvgIpc) is 2.42. The minimum atomic E-state index is -0.437. The summed E-state index contributed by atoms with van der Waals surface area (Å²) >= 11 is 3.25. The highest BCUT2D eigenvalue weighted by Crippen LogP contribution is 2.26. The molecule has 6 heteroatoms. The molecule has 0 saturated heterocycles. The van der Waals surface area contributed by atoms with Gasteiger partial charge in [0.25, 0.3) is 5.91 Å². The van der Waals surface area contributed by atoms with E-state index in [0.29, 0.717) is 27.2 Å². The molecule has 3 N–H and O–H groups in total. The second-order valence-corrected chi connectivity index (χ2v) is 4.89. The standard InChI is InChI=1S/C14H12BrFN2O2/c1-20-13-7-9(17)3-4-10(13)14(19)18-12-6-8(16)2-5-11(12)15/h2-7H,17H2,1H3,(H,18,19). The second-order valence-electron chi connectivity index (χ2n) is 4.04. The lowest BCUT2D eigenvalue weighted by atomic mass is 10.1. The van der Waals surface area contributed by atoms with Crippen LogP contribution in [0, 0.1) is 5.82 Å². The quantitative estimate of drug-likeness (QED) is 0.842. The number of benzene rings is 2. The number of carbonyl (C=O) groups excluding carboxylic acids is 1. The van der Waals surface area contributed by atoms with Crippen molar-refractivity contribution in [2.45, 2.75) is 0 Å². The Morgan fingerprint density at radius 2 is 2.05 bits per heavy atom. The molecule has 104 valence electrons. The van der Waals surface area contributed by atoms with E-state index in [2.05, 4.69) is 21.2 Å². The lowest BCUT2D eigenvalue weighted by Gasteiger charge is -2.11. The minimum Gasteiger partial charge on any atom is -0.496 e. The van der Waals surface area contributed by atoms with Gasteiger partial charge in [-0.3, -0.25) is 4.79 Å². The zero-order chi connectivity index (χ0) is 14.7. The van der Waals surface area contributed by atoms with E-state index in [-0.39, 0.29) is 0 Å². The van der Waals surface area contributed by atoms with E-state index < -0.39 is 11.7 Å². The summed E-state index contributed by atoms with van der Waals surface area (Å²) in [6, 6.07) is 8.74. The summed E-state index contributed by atoms with van der Waals surface area (Å²) < 4.78 is 18.9. The molecule has 4 nitrogen and oxygen atoms in total. The molecule has 20 heavy (non-hydrogen) atoms. The molecular weight excluding hydrogens is 327 g/mol. The predicted molar refractivity (Wildman–Crippen MR) is 79.5 cm³/mol. The molecule has 0 saturated carbocycles. The summed E-state index contributed by atoms with van der Waals surface area (Å²) in [4.78, 5) is 12.2. The van der Waals surface area contributed by atoms with Crippen molar-refractivity contribution in [2.24, 2.45) is 0 Å². The third-order valence-electron chi connectivity index (χ3n) is 2.65. The second kappa shape index (κ2) is 5.92. The number of nitrogens with one attached hydrogen (secondary N) is 1. The molecule has 0 aliphatic carbocycles. The Balaban J connectivity index is 2.30. The summed E-state index contributed by atoms with van der Waals surface area (Å²) in [5, 5.41) is 2.61. The Hall–Kier alpha value is -2.08. The molecule has 2 rings (SSSR count). The van der Waals surface area contributed by atoms with E-state index in [0.717, 1.165) is 0 Å². The van der Waals surface area contributed by atoms with Crippen molar-refractivity contribution in [3.8, 4) is 5.75 Å². The monoisotopic (exact) mass is 338 g/mol. The van der Waals surface area contributed by atoms with Gasteiger partial charge in [0.15, 0.2) is 0 Å². The Kier molecular flexibility index (Phi) is 4.24. The summed E-state index contributed by atoms with van der Waals surface area (Å²) in [7, 11) is 1.45. The Morgan fingerprint density at radius 3 is 2.75 bits per heavy atom. The molecule has 0 atom stereocenters. The van der Waals surface area contributed by atoms with Crippen molar-refractivity contribution in [3.05, 3.63) is 52.3 Å². The lowest BCUT2D eigenvalue weighted by molar-refractivity contribution is 0.102. The molecule has 0 aliphatic rings. The van der Waals surface area contributed by atoms with Gasteiger partial charge in [-0.25, -0.2) is 4.39 Å². The van der Waals surface area contributed by atoms with Gasteiger partial charge in [-0.2, -0.15) is 0 Å². The van der Waals surface area contributed by atoms with Gasteiger partial charge in [0.1, 0.15) is 11.6 Å². The van der Waals surface area contributed by atoms with Crippen molar-refractivity contribution in [1.29, 1.82) is 0 Å². The van der Waals surface area contributed by atoms with Crippen LogP contribution in [-0.4, -0.2) is 13.0 Å². The SMILES string of the molecule is COc1cc(N)ccc1C(=O)Nc1cc(F)ccc1Br. The maximum absolute atomic E-state index is 13.2. The lowest BCUT2D eigenvalue weighted by Crippen LogP contribution is -2.14. The highest BCUT2D eigenvalue weighted by Gasteiger charge is 2.14. The number of hydrogen-bond acceptors (Lipinski definition) is 3. The molecule has 0 aromatic heterocycles. The van der Waals surface area contributed by atoms with Gasteiger partial charge in [-0.05, 0) is 46.3 Å². The van der Waals surface area contributed by atoms with Crippen LogP contribution >= 0.6 is 15.9 Å². The largest absolute Gasteiger partial charge is 0.496 e. The highest BCUT2D eigenvalue weighted by atomic mass is 79.9. The number of rotatable bonds is 3. The molecule has 0 bridgehead atoms. The van der Waals surface area contributed by atoms with Crippen LogP contribution in [0.5, 0.6) is 5.75 Å². The van der Waals surface area contributed by atoms with Crippen LogP contribution < -0.4 is 15.8 Å². The maximum Gasteiger partial charge on any atom is 0.259 e. The molecule has 2 aromatic rings. The predicted octanol–water partition coefficient (Wildman–Crippen LogP) is 3.43. The smallest absolute Gasteiger partial charge is 0.259 e. The van der Waals surface area contributed by atoms with Gasteiger partial charge in [0.05, 0.1) is 18.4 Å². The van der Waals surface area contributed by atoms with Gasteiger partial charge in [-0.1, -0.05) is 0 Å². The number of methoxy groups -OCH3 is 1. The van der Waals surface area contributed by atoms with Crippen molar-refractivity contribution < 1.29 is 13.9 Å². The summed E-state index contributed by atoms with van der Waals surface area (Å²) in [6.45, 7) is 0. The van der Waals surface area contributed by atoms with Crippen molar-refractivity contribution in [3.63, 3.8) is 0 Å². The Morgan fingerprint density at radius 1 is 1.30 bits per heavy atom. The fourth-order valence-corrected chi connectivity index (χ4v) is 2.02. The van der Waals surface area contributed by atoms with Crippen LogP contribution in [0.1, 0.15) is 10.4 Å². The van der Waals surface area contributed by atoms with Gasteiger partial charge < -0.3 is 15.8 Å².